The molecule has 1 aliphatic heterocycles. The molecule has 0 radical (unpaired) electrons. The second kappa shape index (κ2) is 6.70. The molecule has 1 saturated heterocycles. The summed E-state index contributed by atoms with van der Waals surface area (Å²) in [7, 11) is 1.66. The second-order valence-electron chi connectivity index (χ2n) is 5.65. The molecule has 1 aliphatic rings. The number of ether oxygens (including phenoxy) is 1. The van der Waals surface area contributed by atoms with E-state index < -0.39 is 0 Å². The van der Waals surface area contributed by atoms with Gasteiger partial charge < -0.3 is 9.64 Å². The molecule has 0 bridgehead atoms. The first-order valence-corrected chi connectivity index (χ1v) is 7.47. The van der Waals surface area contributed by atoms with E-state index in [2.05, 4.69) is 22.3 Å². The molecule has 2 heterocycles. The van der Waals surface area contributed by atoms with Crippen molar-refractivity contribution in [2.24, 2.45) is 5.92 Å². The molecule has 3 rings (SSSR count). The summed E-state index contributed by atoms with van der Waals surface area (Å²) in [5.74, 6) is 0.609. The van der Waals surface area contributed by atoms with Crippen molar-refractivity contribution in [3.63, 3.8) is 0 Å². The number of hydrogen-bond acceptors (Lipinski definition) is 4. The van der Waals surface area contributed by atoms with E-state index in [0.29, 0.717) is 25.5 Å². The van der Waals surface area contributed by atoms with Gasteiger partial charge in [0.25, 0.3) is 0 Å². The molecule has 6 nitrogen and oxygen atoms in total. The lowest BCUT2D eigenvalue weighted by atomic mass is 9.98. The fourth-order valence-electron chi connectivity index (χ4n) is 2.92. The van der Waals surface area contributed by atoms with E-state index in [-0.39, 0.29) is 5.91 Å². The van der Waals surface area contributed by atoms with Gasteiger partial charge in [0, 0.05) is 32.3 Å². The van der Waals surface area contributed by atoms with Crippen LogP contribution in [0.2, 0.25) is 0 Å². The monoisotopic (exact) mass is 300 g/mol. The topological polar surface area (TPSA) is 60.2 Å². The summed E-state index contributed by atoms with van der Waals surface area (Å²) in [6.07, 6.45) is 4.90. The molecule has 0 unspecified atom stereocenters. The van der Waals surface area contributed by atoms with Crippen LogP contribution in [0.15, 0.2) is 36.9 Å². The summed E-state index contributed by atoms with van der Waals surface area (Å²) in [6.45, 7) is 2.10. The Balaban J connectivity index is 1.64. The molecule has 1 fully saturated rings. The molecular weight excluding hydrogens is 280 g/mol. The number of carbonyl (C=O) groups excluding carboxylic acids is 1. The normalized spacial score (nSPS) is 18.1. The molecule has 0 aliphatic carbocycles. The Kier molecular flexibility index (Phi) is 4.48. The Morgan fingerprint density at radius 3 is 2.91 bits per heavy atom. The zero-order valence-corrected chi connectivity index (χ0v) is 12.7. The van der Waals surface area contributed by atoms with Gasteiger partial charge >= 0.3 is 0 Å². The van der Waals surface area contributed by atoms with Crippen LogP contribution in [-0.4, -0.2) is 52.4 Å². The minimum atomic E-state index is 0.233. The van der Waals surface area contributed by atoms with Gasteiger partial charge in [0.1, 0.15) is 12.7 Å². The van der Waals surface area contributed by atoms with E-state index >= 15 is 0 Å². The van der Waals surface area contributed by atoms with Crippen molar-refractivity contribution in [2.45, 2.75) is 12.8 Å². The molecule has 6 heteroatoms. The highest BCUT2D eigenvalue weighted by atomic mass is 16.5. The first-order valence-electron chi connectivity index (χ1n) is 7.47. The van der Waals surface area contributed by atoms with Crippen molar-refractivity contribution >= 4 is 5.91 Å². The predicted octanol–water partition coefficient (Wildman–Crippen LogP) is 1.30. The first-order chi connectivity index (χ1) is 10.8. The van der Waals surface area contributed by atoms with Gasteiger partial charge in [-0.05, 0) is 30.0 Å². The van der Waals surface area contributed by atoms with Gasteiger partial charge in [0.15, 0.2) is 0 Å². The van der Waals surface area contributed by atoms with Crippen LogP contribution in [0.25, 0.3) is 5.69 Å². The zero-order chi connectivity index (χ0) is 15.4. The molecule has 1 aromatic carbocycles. The lowest BCUT2D eigenvalue weighted by Gasteiger charge is -2.16. The molecular formula is C16H20N4O2. The Labute approximate surface area is 129 Å². The minimum Gasteiger partial charge on any atom is -0.383 e. The van der Waals surface area contributed by atoms with Crippen LogP contribution in [0.1, 0.15) is 12.0 Å². The summed E-state index contributed by atoms with van der Waals surface area (Å²) in [6, 6.07) is 8.30. The smallest absolute Gasteiger partial charge is 0.223 e. The maximum absolute atomic E-state index is 12.0. The first kappa shape index (κ1) is 14.7. The standard InChI is InChI=1S/C16H20N4O2/c1-22-6-5-19-10-14(9-16(19)21)7-13-3-2-4-15(8-13)20-11-17-18-12-20/h2-4,8,11-12,14H,5-7,9-10H2,1H3/t14-/m0/s1. The van der Waals surface area contributed by atoms with Crippen LogP contribution in [0.3, 0.4) is 0 Å². The van der Waals surface area contributed by atoms with Crippen molar-refractivity contribution in [2.75, 3.05) is 26.8 Å². The van der Waals surface area contributed by atoms with Crippen LogP contribution in [0.4, 0.5) is 0 Å². The Bertz CT molecular complexity index is 627. The van der Waals surface area contributed by atoms with E-state index in [1.807, 2.05) is 21.6 Å². The minimum absolute atomic E-state index is 0.233. The number of carbonyl (C=O) groups is 1. The van der Waals surface area contributed by atoms with Crippen LogP contribution in [0.5, 0.6) is 0 Å². The Morgan fingerprint density at radius 1 is 1.32 bits per heavy atom. The van der Waals surface area contributed by atoms with Crippen molar-refractivity contribution in [1.29, 1.82) is 0 Å². The predicted molar refractivity (Wildman–Crippen MR) is 81.6 cm³/mol. The average Bonchev–Trinajstić information content (AvgIpc) is 3.16. The quantitative estimate of drug-likeness (QED) is 0.807. The van der Waals surface area contributed by atoms with Gasteiger partial charge in [0.05, 0.1) is 6.61 Å². The van der Waals surface area contributed by atoms with Crippen LogP contribution in [-0.2, 0) is 16.0 Å². The fourth-order valence-corrected chi connectivity index (χ4v) is 2.92. The van der Waals surface area contributed by atoms with Crippen LogP contribution in [0, 0.1) is 5.92 Å². The number of rotatable bonds is 6. The molecule has 0 saturated carbocycles. The van der Waals surface area contributed by atoms with E-state index in [1.54, 1.807) is 19.8 Å². The number of aromatic nitrogens is 3. The fraction of sp³-hybridized carbons (Fsp3) is 0.438. The molecule has 0 N–H and O–H groups in total. The van der Waals surface area contributed by atoms with Gasteiger partial charge in [-0.25, -0.2) is 0 Å². The lowest BCUT2D eigenvalue weighted by Crippen LogP contribution is -2.28. The number of likely N-dealkylation sites (tertiary alicyclic amines) is 1. The Hall–Kier alpha value is -2.21. The van der Waals surface area contributed by atoms with Crippen molar-refractivity contribution in [3.8, 4) is 5.69 Å². The Morgan fingerprint density at radius 2 is 2.14 bits per heavy atom. The maximum atomic E-state index is 12.0. The zero-order valence-electron chi connectivity index (χ0n) is 12.7. The third-order valence-corrected chi connectivity index (χ3v) is 4.01. The van der Waals surface area contributed by atoms with E-state index in [4.69, 9.17) is 4.74 Å². The number of hydrogen-bond donors (Lipinski definition) is 0. The van der Waals surface area contributed by atoms with Gasteiger partial charge in [-0.15, -0.1) is 10.2 Å². The third-order valence-electron chi connectivity index (χ3n) is 4.01. The molecule has 116 valence electrons. The van der Waals surface area contributed by atoms with Crippen LogP contribution < -0.4 is 0 Å². The summed E-state index contributed by atoms with van der Waals surface area (Å²) < 4.78 is 6.94. The van der Waals surface area contributed by atoms with Crippen molar-refractivity contribution in [3.05, 3.63) is 42.5 Å². The largest absolute Gasteiger partial charge is 0.383 e. The number of methoxy groups -OCH3 is 1. The lowest BCUT2D eigenvalue weighted by molar-refractivity contribution is -0.128. The molecule has 1 aromatic heterocycles. The highest BCUT2D eigenvalue weighted by molar-refractivity contribution is 5.78. The number of benzene rings is 1. The SMILES string of the molecule is COCCN1C[C@@H](Cc2cccc(-n3cnnc3)c2)CC1=O. The highest BCUT2D eigenvalue weighted by Crippen LogP contribution is 2.22. The van der Waals surface area contributed by atoms with E-state index in [1.165, 1.54) is 5.56 Å². The van der Waals surface area contributed by atoms with Gasteiger partial charge in [-0.2, -0.15) is 0 Å². The maximum Gasteiger partial charge on any atom is 0.223 e. The van der Waals surface area contributed by atoms with Gasteiger partial charge in [0.2, 0.25) is 5.91 Å². The summed E-state index contributed by atoms with van der Waals surface area (Å²) >= 11 is 0. The number of nitrogens with zero attached hydrogens (tertiary/aromatic N) is 4. The summed E-state index contributed by atoms with van der Waals surface area (Å²) in [4.78, 5) is 13.9. The molecule has 22 heavy (non-hydrogen) atoms. The van der Waals surface area contributed by atoms with Crippen LogP contribution >= 0.6 is 0 Å². The number of amides is 1. The molecule has 0 spiro atoms. The van der Waals surface area contributed by atoms with Gasteiger partial charge in [-0.1, -0.05) is 12.1 Å². The molecule has 1 amide bonds. The summed E-state index contributed by atoms with van der Waals surface area (Å²) in [5.41, 5.74) is 2.28. The second-order valence-corrected chi connectivity index (χ2v) is 5.65. The van der Waals surface area contributed by atoms with Crippen molar-refractivity contribution < 1.29 is 9.53 Å². The van der Waals surface area contributed by atoms with Gasteiger partial charge in [-0.3, -0.25) is 9.36 Å². The van der Waals surface area contributed by atoms with Crippen molar-refractivity contribution in [1.82, 2.24) is 19.7 Å². The summed E-state index contributed by atoms with van der Waals surface area (Å²) in [5, 5.41) is 7.66. The van der Waals surface area contributed by atoms with E-state index in [9.17, 15) is 4.79 Å². The average molecular weight is 300 g/mol. The molecule has 2 aromatic rings. The third kappa shape index (κ3) is 3.33. The van der Waals surface area contributed by atoms with E-state index in [0.717, 1.165) is 18.7 Å². The molecule has 1 atom stereocenters. The highest BCUT2D eigenvalue weighted by Gasteiger charge is 2.29.